The molecular weight excluding hydrogens is 235 g/mol. The van der Waals surface area contributed by atoms with E-state index < -0.39 is 0 Å². The lowest BCUT2D eigenvalue weighted by Gasteiger charge is -2.06. The van der Waals surface area contributed by atoms with Gasteiger partial charge in [-0.3, -0.25) is 0 Å². The molecule has 2 aromatic rings. The molecule has 0 fully saturated rings. The number of hydrogen-bond acceptors (Lipinski definition) is 5. The van der Waals surface area contributed by atoms with Crippen LogP contribution in [-0.2, 0) is 0 Å². The van der Waals surface area contributed by atoms with E-state index in [0.29, 0.717) is 23.6 Å². The molecule has 0 atom stereocenters. The van der Waals surface area contributed by atoms with Crippen molar-refractivity contribution in [2.24, 2.45) is 0 Å². The minimum absolute atomic E-state index is 0.0745. The molecule has 0 spiro atoms. The number of ether oxygens (including phenoxy) is 1. The lowest BCUT2D eigenvalue weighted by molar-refractivity contribution is 0.312. The van der Waals surface area contributed by atoms with Gasteiger partial charge in [-0.2, -0.15) is 15.0 Å². The molecule has 0 aliphatic rings. The number of nitrogen functional groups attached to an aromatic ring is 1. The molecule has 6 heteroatoms. The van der Waals surface area contributed by atoms with Gasteiger partial charge in [-0.25, -0.2) is 4.39 Å². The second-order valence-electron chi connectivity index (χ2n) is 3.70. The van der Waals surface area contributed by atoms with Crippen LogP contribution in [0.5, 0.6) is 6.01 Å². The highest BCUT2D eigenvalue weighted by atomic mass is 19.1. The zero-order chi connectivity index (χ0) is 13.1. The van der Waals surface area contributed by atoms with Crippen molar-refractivity contribution in [1.29, 1.82) is 0 Å². The number of nitrogens with two attached hydrogens (primary N) is 1. The van der Waals surface area contributed by atoms with Gasteiger partial charge in [-0.05, 0) is 37.6 Å². The smallest absolute Gasteiger partial charge is 0.321 e. The molecule has 0 unspecified atom stereocenters. The summed E-state index contributed by atoms with van der Waals surface area (Å²) in [6.45, 7) is 3.93. The number of hydrogen-bond donors (Lipinski definition) is 1. The Morgan fingerprint density at radius 3 is 2.72 bits per heavy atom. The topological polar surface area (TPSA) is 73.9 Å². The van der Waals surface area contributed by atoms with E-state index in [1.54, 1.807) is 19.1 Å². The van der Waals surface area contributed by atoms with Gasteiger partial charge in [0.05, 0.1) is 6.61 Å². The van der Waals surface area contributed by atoms with E-state index in [-0.39, 0.29) is 17.8 Å². The van der Waals surface area contributed by atoms with E-state index in [1.807, 2.05) is 6.92 Å². The van der Waals surface area contributed by atoms with Crippen LogP contribution in [0.4, 0.5) is 10.3 Å². The molecule has 0 bridgehead atoms. The van der Waals surface area contributed by atoms with E-state index >= 15 is 0 Å². The molecule has 2 rings (SSSR count). The van der Waals surface area contributed by atoms with Gasteiger partial charge < -0.3 is 10.5 Å². The van der Waals surface area contributed by atoms with Gasteiger partial charge in [-0.1, -0.05) is 0 Å². The van der Waals surface area contributed by atoms with Crippen LogP contribution in [0.25, 0.3) is 11.4 Å². The summed E-state index contributed by atoms with van der Waals surface area (Å²) < 4.78 is 18.4. The van der Waals surface area contributed by atoms with Crippen LogP contribution in [0.3, 0.4) is 0 Å². The maximum Gasteiger partial charge on any atom is 0.321 e. The summed E-state index contributed by atoms with van der Waals surface area (Å²) in [6, 6.07) is 4.78. The summed E-state index contributed by atoms with van der Waals surface area (Å²) in [7, 11) is 0. The van der Waals surface area contributed by atoms with E-state index in [4.69, 9.17) is 10.5 Å². The van der Waals surface area contributed by atoms with E-state index in [2.05, 4.69) is 15.0 Å². The first-order chi connectivity index (χ1) is 8.60. The van der Waals surface area contributed by atoms with E-state index in [0.717, 1.165) is 0 Å². The maximum atomic E-state index is 13.2. The van der Waals surface area contributed by atoms with Crippen LogP contribution in [0.2, 0.25) is 0 Å². The Morgan fingerprint density at radius 2 is 2.06 bits per heavy atom. The Bertz CT molecular complexity index is 574. The SMILES string of the molecule is CCOc1nc(N)nc(-c2ccc(F)c(C)c2)n1. The maximum absolute atomic E-state index is 13.2. The van der Waals surface area contributed by atoms with Crippen LogP contribution in [0.1, 0.15) is 12.5 Å². The summed E-state index contributed by atoms with van der Waals surface area (Å²) in [5.41, 5.74) is 6.77. The van der Waals surface area contributed by atoms with Crippen molar-refractivity contribution in [1.82, 2.24) is 15.0 Å². The fraction of sp³-hybridized carbons (Fsp3) is 0.250. The highest BCUT2D eigenvalue weighted by Gasteiger charge is 2.09. The Hall–Kier alpha value is -2.24. The van der Waals surface area contributed by atoms with Gasteiger partial charge in [0.2, 0.25) is 5.95 Å². The number of anilines is 1. The zero-order valence-corrected chi connectivity index (χ0v) is 10.1. The molecule has 1 aromatic heterocycles. The second-order valence-corrected chi connectivity index (χ2v) is 3.70. The summed E-state index contributed by atoms with van der Waals surface area (Å²) in [5, 5.41) is 0. The standard InChI is InChI=1S/C12H13FN4O/c1-3-18-12-16-10(15-11(14)17-12)8-4-5-9(13)7(2)6-8/h4-6H,3H2,1-2H3,(H2,14,15,16,17). The quantitative estimate of drug-likeness (QED) is 0.898. The largest absolute Gasteiger partial charge is 0.464 e. The Labute approximate surface area is 104 Å². The number of aromatic nitrogens is 3. The molecule has 1 aromatic carbocycles. The number of benzene rings is 1. The summed E-state index contributed by atoms with van der Waals surface area (Å²) in [5.74, 6) is 0.172. The number of halogens is 1. The van der Waals surface area contributed by atoms with Crippen LogP contribution in [0.15, 0.2) is 18.2 Å². The molecule has 0 aliphatic heterocycles. The van der Waals surface area contributed by atoms with Crippen molar-refractivity contribution in [2.75, 3.05) is 12.3 Å². The molecule has 0 radical (unpaired) electrons. The lowest BCUT2D eigenvalue weighted by Crippen LogP contribution is -2.04. The van der Waals surface area contributed by atoms with Crippen molar-refractivity contribution < 1.29 is 9.13 Å². The van der Waals surface area contributed by atoms with Crippen LogP contribution in [-0.4, -0.2) is 21.6 Å². The minimum atomic E-state index is -0.272. The number of nitrogens with zero attached hydrogens (tertiary/aromatic N) is 3. The normalized spacial score (nSPS) is 10.4. The molecule has 18 heavy (non-hydrogen) atoms. The van der Waals surface area contributed by atoms with E-state index in [9.17, 15) is 4.39 Å². The summed E-state index contributed by atoms with van der Waals surface area (Å²) in [6.07, 6.45) is 0. The zero-order valence-electron chi connectivity index (χ0n) is 10.1. The average Bonchev–Trinajstić information content (AvgIpc) is 2.32. The highest BCUT2D eigenvalue weighted by molar-refractivity contribution is 5.57. The molecular formula is C12H13FN4O. The fourth-order valence-corrected chi connectivity index (χ4v) is 1.48. The van der Waals surface area contributed by atoms with Crippen LogP contribution in [0, 0.1) is 12.7 Å². The Kier molecular flexibility index (Phi) is 3.36. The first kappa shape index (κ1) is 12.2. The third kappa shape index (κ3) is 2.53. The highest BCUT2D eigenvalue weighted by Crippen LogP contribution is 2.20. The molecule has 0 saturated carbocycles. The third-order valence-corrected chi connectivity index (χ3v) is 2.32. The van der Waals surface area contributed by atoms with Crippen LogP contribution < -0.4 is 10.5 Å². The monoisotopic (exact) mass is 248 g/mol. The second kappa shape index (κ2) is 4.95. The first-order valence-electron chi connectivity index (χ1n) is 5.51. The lowest BCUT2D eigenvalue weighted by atomic mass is 10.1. The Balaban J connectivity index is 2.46. The predicted octanol–water partition coefficient (Wildman–Crippen LogP) is 1.97. The van der Waals surface area contributed by atoms with Gasteiger partial charge in [0.25, 0.3) is 0 Å². The van der Waals surface area contributed by atoms with Crippen molar-refractivity contribution in [3.8, 4) is 17.4 Å². The van der Waals surface area contributed by atoms with Gasteiger partial charge >= 0.3 is 6.01 Å². The average molecular weight is 248 g/mol. The molecule has 1 heterocycles. The molecule has 94 valence electrons. The van der Waals surface area contributed by atoms with Gasteiger partial charge in [-0.15, -0.1) is 0 Å². The summed E-state index contributed by atoms with van der Waals surface area (Å²) >= 11 is 0. The first-order valence-corrected chi connectivity index (χ1v) is 5.51. The number of rotatable bonds is 3. The Morgan fingerprint density at radius 1 is 1.28 bits per heavy atom. The number of aryl methyl sites for hydroxylation is 1. The van der Waals surface area contributed by atoms with Crippen molar-refractivity contribution in [3.05, 3.63) is 29.6 Å². The minimum Gasteiger partial charge on any atom is -0.464 e. The van der Waals surface area contributed by atoms with Crippen molar-refractivity contribution in [3.63, 3.8) is 0 Å². The summed E-state index contributed by atoms with van der Waals surface area (Å²) in [4.78, 5) is 12.0. The van der Waals surface area contributed by atoms with Crippen molar-refractivity contribution >= 4 is 5.95 Å². The third-order valence-electron chi connectivity index (χ3n) is 2.32. The molecule has 0 amide bonds. The molecule has 2 N–H and O–H groups in total. The fourth-order valence-electron chi connectivity index (χ4n) is 1.48. The van der Waals surface area contributed by atoms with Gasteiger partial charge in [0.1, 0.15) is 5.82 Å². The van der Waals surface area contributed by atoms with Gasteiger partial charge in [0.15, 0.2) is 5.82 Å². The molecule has 5 nitrogen and oxygen atoms in total. The van der Waals surface area contributed by atoms with Crippen molar-refractivity contribution in [2.45, 2.75) is 13.8 Å². The van der Waals surface area contributed by atoms with Crippen LogP contribution >= 0.6 is 0 Å². The van der Waals surface area contributed by atoms with E-state index in [1.165, 1.54) is 6.07 Å². The molecule has 0 saturated heterocycles. The molecule has 0 aliphatic carbocycles. The van der Waals surface area contributed by atoms with Gasteiger partial charge in [0, 0.05) is 5.56 Å². The predicted molar refractivity (Wildman–Crippen MR) is 65.5 cm³/mol.